The van der Waals surface area contributed by atoms with Crippen molar-refractivity contribution in [3.8, 4) is 0 Å². The van der Waals surface area contributed by atoms with Gasteiger partial charge in [0, 0.05) is 23.7 Å². The second-order valence-electron chi connectivity index (χ2n) is 3.98. The van der Waals surface area contributed by atoms with Crippen LogP contribution < -0.4 is 10.6 Å². The smallest absolute Gasteiger partial charge is 0.246 e. The molecule has 0 fully saturated rings. The number of carbonyl (C=O) groups is 2. The summed E-state index contributed by atoms with van der Waals surface area (Å²) in [5.41, 5.74) is 0.969. The number of carbonyl (C=O) groups excluding carboxylic acids is 2. The minimum atomic E-state index is -0.154. The van der Waals surface area contributed by atoms with Crippen LogP contribution in [0.3, 0.4) is 0 Å². The van der Waals surface area contributed by atoms with E-state index in [1.54, 1.807) is 13.8 Å². The van der Waals surface area contributed by atoms with Crippen molar-refractivity contribution in [2.24, 2.45) is 0 Å². The van der Waals surface area contributed by atoms with Crippen molar-refractivity contribution >= 4 is 11.8 Å². The lowest BCUT2D eigenvalue weighted by atomic mass is 10.2. The van der Waals surface area contributed by atoms with Crippen LogP contribution in [0.25, 0.3) is 0 Å². The van der Waals surface area contributed by atoms with Gasteiger partial charge in [-0.3, -0.25) is 9.59 Å². The van der Waals surface area contributed by atoms with Crippen LogP contribution in [-0.4, -0.2) is 24.4 Å². The topological polar surface area (TPSA) is 58.2 Å². The average molecular weight is 224 g/mol. The van der Waals surface area contributed by atoms with E-state index in [0.29, 0.717) is 24.1 Å². The molecule has 0 radical (unpaired) electrons. The van der Waals surface area contributed by atoms with E-state index in [-0.39, 0.29) is 17.9 Å². The van der Waals surface area contributed by atoms with Gasteiger partial charge in [-0.1, -0.05) is 13.2 Å². The molecule has 16 heavy (non-hydrogen) atoms. The van der Waals surface area contributed by atoms with E-state index in [9.17, 15) is 9.59 Å². The molecule has 0 spiro atoms. The first-order valence-corrected chi connectivity index (χ1v) is 5.24. The molecule has 4 heteroatoms. The highest BCUT2D eigenvalue weighted by atomic mass is 16.2. The van der Waals surface area contributed by atoms with Gasteiger partial charge in [0.1, 0.15) is 0 Å². The maximum absolute atomic E-state index is 11.2. The van der Waals surface area contributed by atoms with Gasteiger partial charge in [-0.2, -0.15) is 0 Å². The summed E-state index contributed by atoms with van der Waals surface area (Å²) in [4.78, 5) is 22.4. The summed E-state index contributed by atoms with van der Waals surface area (Å²) in [6.07, 6.45) is 0.679. The van der Waals surface area contributed by atoms with Gasteiger partial charge < -0.3 is 10.6 Å². The summed E-state index contributed by atoms with van der Waals surface area (Å²) in [5.74, 6) is -0.308. The number of nitrogens with one attached hydrogen (secondary N) is 2. The Morgan fingerprint density at radius 2 is 1.62 bits per heavy atom. The van der Waals surface area contributed by atoms with Crippen molar-refractivity contribution in [2.75, 3.05) is 6.54 Å². The van der Waals surface area contributed by atoms with Crippen LogP contribution >= 0.6 is 0 Å². The molecule has 90 valence electrons. The molecule has 0 aliphatic heterocycles. The molecule has 0 saturated heterocycles. The summed E-state index contributed by atoms with van der Waals surface area (Å²) in [6.45, 7) is 12.8. The van der Waals surface area contributed by atoms with Gasteiger partial charge >= 0.3 is 0 Å². The molecule has 1 unspecified atom stereocenters. The highest BCUT2D eigenvalue weighted by Gasteiger charge is 2.08. The third kappa shape index (κ3) is 6.01. The summed E-state index contributed by atoms with van der Waals surface area (Å²) in [6, 6.07) is 0.00891. The van der Waals surface area contributed by atoms with E-state index in [0.717, 1.165) is 0 Å². The quantitative estimate of drug-likeness (QED) is 0.665. The molecule has 0 aromatic carbocycles. The molecule has 0 aromatic rings. The van der Waals surface area contributed by atoms with E-state index in [1.807, 2.05) is 6.92 Å². The first kappa shape index (κ1) is 14.4. The molecule has 2 N–H and O–H groups in total. The SMILES string of the molecule is C=C(C)C(=O)NCCC(C)NC(=O)C(=C)C. The minimum Gasteiger partial charge on any atom is -0.352 e. The van der Waals surface area contributed by atoms with Crippen LogP contribution in [-0.2, 0) is 9.59 Å². The van der Waals surface area contributed by atoms with E-state index in [1.165, 1.54) is 0 Å². The van der Waals surface area contributed by atoms with Crippen LogP contribution in [0.2, 0.25) is 0 Å². The highest BCUT2D eigenvalue weighted by molar-refractivity contribution is 5.92. The van der Waals surface area contributed by atoms with Gasteiger partial charge in [0.25, 0.3) is 0 Å². The third-order valence-electron chi connectivity index (χ3n) is 2.02. The molecule has 0 heterocycles. The van der Waals surface area contributed by atoms with Crippen LogP contribution in [0, 0.1) is 0 Å². The molecule has 1 atom stereocenters. The lowest BCUT2D eigenvalue weighted by Gasteiger charge is -2.14. The van der Waals surface area contributed by atoms with E-state index in [4.69, 9.17) is 0 Å². The standard InChI is InChI=1S/C12H20N2O2/c1-8(2)11(15)13-7-6-10(5)14-12(16)9(3)4/h10H,1,3,6-7H2,2,4-5H3,(H,13,15)(H,14,16). The molecule has 0 aromatic heterocycles. The lowest BCUT2D eigenvalue weighted by Crippen LogP contribution is -2.36. The fourth-order valence-electron chi connectivity index (χ4n) is 0.972. The fourth-order valence-corrected chi connectivity index (χ4v) is 0.972. The first-order valence-electron chi connectivity index (χ1n) is 5.24. The van der Waals surface area contributed by atoms with Gasteiger partial charge in [0.15, 0.2) is 0 Å². The molecule has 0 saturated carbocycles. The Kier molecular flexibility index (Phi) is 6.15. The predicted octanol–water partition coefficient (Wildman–Crippen LogP) is 1.15. The second-order valence-corrected chi connectivity index (χ2v) is 3.98. The highest BCUT2D eigenvalue weighted by Crippen LogP contribution is 1.94. The zero-order valence-corrected chi connectivity index (χ0v) is 10.2. The Labute approximate surface area is 96.8 Å². The maximum atomic E-state index is 11.2. The van der Waals surface area contributed by atoms with Crippen LogP contribution in [0.4, 0.5) is 0 Å². The molecule has 4 nitrogen and oxygen atoms in total. The zero-order valence-electron chi connectivity index (χ0n) is 10.2. The van der Waals surface area contributed by atoms with Crippen LogP contribution in [0.1, 0.15) is 27.2 Å². The average Bonchev–Trinajstić information content (AvgIpc) is 2.16. The van der Waals surface area contributed by atoms with Crippen molar-refractivity contribution < 1.29 is 9.59 Å². The number of amides is 2. The molecule has 2 amide bonds. The monoisotopic (exact) mass is 224 g/mol. The summed E-state index contributed by atoms with van der Waals surface area (Å²) in [7, 11) is 0. The summed E-state index contributed by atoms with van der Waals surface area (Å²) in [5, 5.41) is 5.47. The Hall–Kier alpha value is -1.58. The minimum absolute atomic E-state index is 0.00891. The van der Waals surface area contributed by atoms with Gasteiger partial charge in [-0.05, 0) is 27.2 Å². The molecular formula is C12H20N2O2. The molecule has 0 aliphatic carbocycles. The Balaban J connectivity index is 3.78. The molecular weight excluding hydrogens is 204 g/mol. The largest absolute Gasteiger partial charge is 0.352 e. The Morgan fingerprint density at radius 1 is 1.12 bits per heavy atom. The first-order chi connectivity index (χ1) is 7.34. The van der Waals surface area contributed by atoms with E-state index in [2.05, 4.69) is 23.8 Å². The van der Waals surface area contributed by atoms with E-state index >= 15 is 0 Å². The van der Waals surface area contributed by atoms with Crippen molar-refractivity contribution in [3.05, 3.63) is 24.3 Å². The lowest BCUT2D eigenvalue weighted by molar-refractivity contribution is -0.118. The summed E-state index contributed by atoms with van der Waals surface area (Å²) >= 11 is 0. The van der Waals surface area contributed by atoms with Gasteiger partial charge in [-0.25, -0.2) is 0 Å². The molecule has 0 aliphatic rings. The van der Waals surface area contributed by atoms with Crippen molar-refractivity contribution in [1.82, 2.24) is 10.6 Å². The van der Waals surface area contributed by atoms with Crippen LogP contribution in [0.5, 0.6) is 0 Å². The fraction of sp³-hybridized carbons (Fsp3) is 0.500. The summed E-state index contributed by atoms with van der Waals surface area (Å²) < 4.78 is 0. The molecule has 0 bridgehead atoms. The Morgan fingerprint density at radius 3 is 2.06 bits per heavy atom. The van der Waals surface area contributed by atoms with Crippen molar-refractivity contribution in [2.45, 2.75) is 33.2 Å². The number of hydrogen-bond donors (Lipinski definition) is 2. The molecule has 0 rings (SSSR count). The normalized spacial score (nSPS) is 11.4. The third-order valence-corrected chi connectivity index (χ3v) is 2.02. The van der Waals surface area contributed by atoms with Gasteiger partial charge in [0.05, 0.1) is 0 Å². The van der Waals surface area contributed by atoms with Gasteiger partial charge in [0.2, 0.25) is 11.8 Å². The number of hydrogen-bond acceptors (Lipinski definition) is 2. The van der Waals surface area contributed by atoms with Crippen LogP contribution in [0.15, 0.2) is 24.3 Å². The zero-order chi connectivity index (χ0) is 12.7. The Bertz CT molecular complexity index is 308. The number of rotatable bonds is 6. The predicted molar refractivity (Wildman–Crippen MR) is 64.9 cm³/mol. The van der Waals surface area contributed by atoms with Crippen molar-refractivity contribution in [3.63, 3.8) is 0 Å². The van der Waals surface area contributed by atoms with Crippen molar-refractivity contribution in [1.29, 1.82) is 0 Å². The second kappa shape index (κ2) is 6.82. The maximum Gasteiger partial charge on any atom is 0.246 e. The van der Waals surface area contributed by atoms with Gasteiger partial charge in [-0.15, -0.1) is 0 Å². The van der Waals surface area contributed by atoms with E-state index < -0.39 is 0 Å².